The Morgan fingerprint density at radius 2 is 2.00 bits per heavy atom. The van der Waals surface area contributed by atoms with Crippen molar-refractivity contribution in [3.8, 4) is 0 Å². The van der Waals surface area contributed by atoms with E-state index in [-0.39, 0.29) is 17.0 Å². The second-order valence-corrected chi connectivity index (χ2v) is 5.57. The molecule has 2 nitrogen and oxygen atoms in total. The van der Waals surface area contributed by atoms with E-state index in [0.29, 0.717) is 18.6 Å². The Morgan fingerprint density at radius 3 is 2.68 bits per heavy atom. The van der Waals surface area contributed by atoms with E-state index in [2.05, 4.69) is 19.2 Å². The summed E-state index contributed by atoms with van der Waals surface area (Å²) < 4.78 is 31.5. The number of aryl methyl sites for hydroxylation is 1. The van der Waals surface area contributed by atoms with Crippen LogP contribution in [0.4, 0.5) is 8.78 Å². The highest BCUT2D eigenvalue weighted by Crippen LogP contribution is 2.23. The van der Waals surface area contributed by atoms with Gasteiger partial charge in [0.05, 0.1) is 6.61 Å². The van der Waals surface area contributed by atoms with Crippen LogP contribution in [0, 0.1) is 17.0 Å². The highest BCUT2D eigenvalue weighted by molar-refractivity contribution is 5.19. The van der Waals surface area contributed by atoms with Crippen LogP contribution >= 0.6 is 0 Å². The molecule has 1 N–H and O–H groups in total. The zero-order valence-corrected chi connectivity index (χ0v) is 11.9. The molecule has 0 bridgehead atoms. The van der Waals surface area contributed by atoms with E-state index in [0.717, 1.165) is 25.6 Å². The molecule has 0 aliphatic carbocycles. The van der Waals surface area contributed by atoms with Crippen molar-refractivity contribution in [1.29, 1.82) is 0 Å². The molecule has 1 aromatic carbocycles. The van der Waals surface area contributed by atoms with Gasteiger partial charge in [0.1, 0.15) is 11.6 Å². The first kappa shape index (κ1) is 16.1. The first-order valence-corrected chi connectivity index (χ1v) is 6.58. The third kappa shape index (κ3) is 6.12. The largest absolute Gasteiger partial charge is 0.383 e. The fraction of sp³-hybridized carbons (Fsp3) is 0.600. The van der Waals surface area contributed by atoms with Gasteiger partial charge in [-0.15, -0.1) is 0 Å². The summed E-state index contributed by atoms with van der Waals surface area (Å²) in [7, 11) is 1.67. The Bertz CT molecular complexity index is 394. The molecule has 0 aliphatic rings. The molecule has 1 rings (SSSR count). The second-order valence-electron chi connectivity index (χ2n) is 5.57. The van der Waals surface area contributed by atoms with Crippen molar-refractivity contribution in [2.24, 2.45) is 5.41 Å². The standard InChI is InChI=1S/C15H23F2NO/c1-15(2,11-18-8-9-19-3)7-6-12-10-13(16)4-5-14(12)17/h4-5,10,18H,6-9,11H2,1-3H3. The van der Waals surface area contributed by atoms with Crippen LogP contribution in [0.15, 0.2) is 18.2 Å². The fourth-order valence-corrected chi connectivity index (χ4v) is 1.90. The summed E-state index contributed by atoms with van der Waals surface area (Å²) in [6, 6.07) is 3.62. The summed E-state index contributed by atoms with van der Waals surface area (Å²) in [6.07, 6.45) is 1.34. The van der Waals surface area contributed by atoms with Crippen LogP contribution in [0.2, 0.25) is 0 Å². The predicted molar refractivity (Wildman–Crippen MR) is 73.2 cm³/mol. The van der Waals surface area contributed by atoms with Gasteiger partial charge >= 0.3 is 0 Å². The molecule has 0 radical (unpaired) electrons. The Labute approximate surface area is 114 Å². The van der Waals surface area contributed by atoms with E-state index in [9.17, 15) is 8.78 Å². The molecule has 0 saturated carbocycles. The minimum absolute atomic E-state index is 0.0342. The molecule has 0 fully saturated rings. The summed E-state index contributed by atoms with van der Waals surface area (Å²) in [6.45, 7) is 6.53. The molecular weight excluding hydrogens is 248 g/mol. The molecule has 0 atom stereocenters. The average molecular weight is 271 g/mol. The van der Waals surface area contributed by atoms with Gasteiger partial charge in [0.2, 0.25) is 0 Å². The number of rotatable bonds is 8. The average Bonchev–Trinajstić information content (AvgIpc) is 2.36. The summed E-state index contributed by atoms with van der Waals surface area (Å²) in [5.74, 6) is -0.711. The lowest BCUT2D eigenvalue weighted by Crippen LogP contribution is -2.32. The molecule has 0 aliphatic heterocycles. The highest BCUT2D eigenvalue weighted by Gasteiger charge is 2.18. The molecule has 0 unspecified atom stereocenters. The van der Waals surface area contributed by atoms with Gasteiger partial charge in [-0.1, -0.05) is 13.8 Å². The van der Waals surface area contributed by atoms with Gasteiger partial charge in [-0.25, -0.2) is 8.78 Å². The number of halogens is 2. The van der Waals surface area contributed by atoms with Gasteiger partial charge in [-0.05, 0) is 42.0 Å². The van der Waals surface area contributed by atoms with E-state index in [1.807, 2.05) is 0 Å². The van der Waals surface area contributed by atoms with Gasteiger partial charge in [-0.2, -0.15) is 0 Å². The van der Waals surface area contributed by atoms with Crippen LogP contribution in [0.25, 0.3) is 0 Å². The summed E-state index contributed by atoms with van der Waals surface area (Å²) in [4.78, 5) is 0. The lowest BCUT2D eigenvalue weighted by molar-refractivity contribution is 0.193. The number of hydrogen-bond donors (Lipinski definition) is 1. The van der Waals surface area contributed by atoms with Crippen LogP contribution in [0.3, 0.4) is 0 Å². The smallest absolute Gasteiger partial charge is 0.126 e. The van der Waals surface area contributed by atoms with E-state index in [4.69, 9.17) is 4.74 Å². The number of benzene rings is 1. The summed E-state index contributed by atoms with van der Waals surface area (Å²) in [5, 5.41) is 3.30. The van der Waals surface area contributed by atoms with Gasteiger partial charge in [0.25, 0.3) is 0 Å². The lowest BCUT2D eigenvalue weighted by atomic mass is 9.86. The third-order valence-electron chi connectivity index (χ3n) is 3.17. The first-order valence-electron chi connectivity index (χ1n) is 6.58. The molecule has 0 amide bonds. The lowest BCUT2D eigenvalue weighted by Gasteiger charge is -2.25. The number of nitrogens with one attached hydrogen (secondary N) is 1. The van der Waals surface area contributed by atoms with Gasteiger partial charge in [-0.3, -0.25) is 0 Å². The van der Waals surface area contributed by atoms with E-state index in [1.165, 1.54) is 12.1 Å². The minimum atomic E-state index is -0.382. The zero-order valence-electron chi connectivity index (χ0n) is 11.9. The number of ether oxygens (including phenoxy) is 1. The Balaban J connectivity index is 2.43. The van der Waals surface area contributed by atoms with Gasteiger partial charge < -0.3 is 10.1 Å². The van der Waals surface area contributed by atoms with E-state index >= 15 is 0 Å². The molecule has 1 aromatic rings. The molecule has 108 valence electrons. The maximum Gasteiger partial charge on any atom is 0.126 e. The maximum atomic E-state index is 13.5. The molecule has 0 spiro atoms. The first-order chi connectivity index (χ1) is 8.94. The van der Waals surface area contributed by atoms with Crippen molar-refractivity contribution in [1.82, 2.24) is 5.32 Å². The predicted octanol–water partition coefficient (Wildman–Crippen LogP) is 3.16. The molecule has 0 aromatic heterocycles. The molecule has 0 saturated heterocycles. The van der Waals surface area contributed by atoms with Crippen molar-refractivity contribution in [2.45, 2.75) is 26.7 Å². The fourth-order valence-electron chi connectivity index (χ4n) is 1.90. The number of hydrogen-bond acceptors (Lipinski definition) is 2. The van der Waals surface area contributed by atoms with Crippen LogP contribution in [0.1, 0.15) is 25.8 Å². The summed E-state index contributed by atoms with van der Waals surface area (Å²) >= 11 is 0. The van der Waals surface area contributed by atoms with Crippen molar-refractivity contribution in [3.05, 3.63) is 35.4 Å². The monoisotopic (exact) mass is 271 g/mol. The summed E-state index contributed by atoms with van der Waals surface area (Å²) in [5.41, 5.74) is 0.483. The SMILES string of the molecule is COCCNCC(C)(C)CCc1cc(F)ccc1F. The van der Waals surface area contributed by atoms with Crippen molar-refractivity contribution in [2.75, 3.05) is 26.8 Å². The van der Waals surface area contributed by atoms with Crippen LogP contribution in [-0.2, 0) is 11.2 Å². The van der Waals surface area contributed by atoms with E-state index < -0.39 is 0 Å². The van der Waals surface area contributed by atoms with Crippen LogP contribution in [0.5, 0.6) is 0 Å². The van der Waals surface area contributed by atoms with Crippen molar-refractivity contribution in [3.63, 3.8) is 0 Å². The zero-order chi connectivity index (χ0) is 14.3. The number of methoxy groups -OCH3 is 1. The maximum absolute atomic E-state index is 13.5. The van der Waals surface area contributed by atoms with E-state index in [1.54, 1.807) is 7.11 Å². The molecular formula is C15H23F2NO. The second kappa shape index (κ2) is 7.56. The third-order valence-corrected chi connectivity index (χ3v) is 3.17. The molecule has 0 heterocycles. The molecule has 19 heavy (non-hydrogen) atoms. The quantitative estimate of drug-likeness (QED) is 0.733. The Kier molecular flexibility index (Phi) is 6.38. The topological polar surface area (TPSA) is 21.3 Å². The Hall–Kier alpha value is -1.00. The van der Waals surface area contributed by atoms with Gasteiger partial charge in [0.15, 0.2) is 0 Å². The highest BCUT2D eigenvalue weighted by atomic mass is 19.1. The van der Waals surface area contributed by atoms with Crippen LogP contribution in [-0.4, -0.2) is 26.8 Å². The van der Waals surface area contributed by atoms with Gasteiger partial charge in [0, 0.05) is 20.2 Å². The normalized spacial score (nSPS) is 11.8. The Morgan fingerprint density at radius 1 is 1.26 bits per heavy atom. The molecule has 4 heteroatoms. The van der Waals surface area contributed by atoms with Crippen LogP contribution < -0.4 is 5.32 Å². The van der Waals surface area contributed by atoms with Crippen molar-refractivity contribution >= 4 is 0 Å². The minimum Gasteiger partial charge on any atom is -0.383 e. The van der Waals surface area contributed by atoms with Crippen molar-refractivity contribution < 1.29 is 13.5 Å².